The van der Waals surface area contributed by atoms with Gasteiger partial charge in [0.05, 0.1) is 22.2 Å². The molecule has 16 heavy (non-hydrogen) atoms. The van der Waals surface area contributed by atoms with Gasteiger partial charge in [-0.25, -0.2) is 4.79 Å². The topological polar surface area (TPSA) is 70.3 Å². The van der Waals surface area contributed by atoms with Crippen molar-refractivity contribution in [2.24, 2.45) is 0 Å². The van der Waals surface area contributed by atoms with Crippen LogP contribution >= 0.6 is 11.6 Å². The summed E-state index contributed by atoms with van der Waals surface area (Å²) in [6.07, 6.45) is 0. The van der Waals surface area contributed by atoms with Gasteiger partial charge in [0.1, 0.15) is 12.4 Å². The zero-order chi connectivity index (χ0) is 12.1. The summed E-state index contributed by atoms with van der Waals surface area (Å²) < 4.78 is 5.14. The molecule has 0 aliphatic heterocycles. The number of nitriles is 1. The van der Waals surface area contributed by atoms with Crippen LogP contribution < -0.4 is 4.74 Å². The van der Waals surface area contributed by atoms with Gasteiger partial charge in [0.2, 0.25) is 0 Å². The van der Waals surface area contributed by atoms with Gasteiger partial charge in [0.15, 0.2) is 0 Å². The predicted octanol–water partition coefficient (Wildman–Crippen LogP) is 2.23. The van der Waals surface area contributed by atoms with Crippen LogP contribution in [-0.4, -0.2) is 17.7 Å². The molecule has 0 saturated heterocycles. The molecule has 0 saturated carbocycles. The minimum absolute atomic E-state index is 0.0690. The van der Waals surface area contributed by atoms with Crippen molar-refractivity contribution >= 4 is 17.6 Å². The molecule has 5 heteroatoms. The van der Waals surface area contributed by atoms with E-state index in [0.717, 1.165) is 0 Å². The molecule has 0 spiro atoms. The lowest BCUT2D eigenvalue weighted by molar-refractivity contribution is -0.133. The fraction of sp³-hybridized carbons (Fsp3) is 0.0909. The third-order valence-electron chi connectivity index (χ3n) is 1.77. The maximum Gasteiger partial charge on any atom is 0.334 e. The molecule has 1 rings (SSSR count). The Kier molecular flexibility index (Phi) is 3.92. The molecule has 0 amide bonds. The van der Waals surface area contributed by atoms with Gasteiger partial charge in [0, 0.05) is 0 Å². The van der Waals surface area contributed by atoms with Crippen molar-refractivity contribution in [1.29, 1.82) is 5.26 Å². The Morgan fingerprint density at radius 2 is 2.31 bits per heavy atom. The molecule has 0 aromatic heterocycles. The highest BCUT2D eigenvalue weighted by molar-refractivity contribution is 6.32. The Balaban J connectivity index is 2.73. The first-order valence-corrected chi connectivity index (χ1v) is 4.66. The minimum atomic E-state index is -1.12. The number of hydrogen-bond acceptors (Lipinski definition) is 3. The van der Waals surface area contributed by atoms with Crippen LogP contribution in [0.3, 0.4) is 0 Å². The Morgan fingerprint density at radius 1 is 1.62 bits per heavy atom. The maximum absolute atomic E-state index is 10.5. The SMILES string of the molecule is C=C(COc1ccc(C#N)cc1Cl)C(=O)O. The summed E-state index contributed by atoms with van der Waals surface area (Å²) in [7, 11) is 0. The van der Waals surface area contributed by atoms with Gasteiger partial charge >= 0.3 is 5.97 Å². The number of rotatable bonds is 4. The van der Waals surface area contributed by atoms with Crippen molar-refractivity contribution in [3.63, 3.8) is 0 Å². The van der Waals surface area contributed by atoms with Gasteiger partial charge in [-0.15, -0.1) is 0 Å². The Labute approximate surface area is 97.3 Å². The Morgan fingerprint density at radius 3 is 2.81 bits per heavy atom. The molecule has 1 aromatic rings. The number of nitrogens with zero attached hydrogens (tertiary/aromatic N) is 1. The number of halogens is 1. The number of benzene rings is 1. The quantitative estimate of drug-likeness (QED) is 0.816. The van der Waals surface area contributed by atoms with Crippen molar-refractivity contribution in [3.8, 4) is 11.8 Å². The standard InChI is InChI=1S/C11H8ClNO3/c1-7(11(14)15)6-16-10-3-2-8(5-13)4-9(10)12/h2-4H,1,6H2,(H,14,15). The third-order valence-corrected chi connectivity index (χ3v) is 2.06. The van der Waals surface area contributed by atoms with E-state index in [2.05, 4.69) is 6.58 Å². The van der Waals surface area contributed by atoms with Crippen LogP contribution in [0.15, 0.2) is 30.4 Å². The molecule has 1 aromatic carbocycles. The van der Waals surface area contributed by atoms with Crippen LogP contribution in [-0.2, 0) is 4.79 Å². The van der Waals surface area contributed by atoms with E-state index in [4.69, 9.17) is 26.7 Å². The van der Waals surface area contributed by atoms with E-state index >= 15 is 0 Å². The first-order chi connectivity index (χ1) is 7.54. The summed E-state index contributed by atoms with van der Waals surface area (Å²) >= 11 is 5.82. The summed E-state index contributed by atoms with van der Waals surface area (Å²) in [5.41, 5.74) is 0.342. The van der Waals surface area contributed by atoms with Gasteiger partial charge in [-0.3, -0.25) is 0 Å². The molecule has 0 radical (unpaired) electrons. The lowest BCUT2D eigenvalue weighted by Crippen LogP contribution is -2.09. The molecule has 0 heterocycles. The molecular weight excluding hydrogens is 230 g/mol. The van der Waals surface area contributed by atoms with E-state index in [1.165, 1.54) is 18.2 Å². The molecule has 0 aliphatic rings. The van der Waals surface area contributed by atoms with Crippen LogP contribution in [0.5, 0.6) is 5.75 Å². The molecule has 0 bridgehead atoms. The summed E-state index contributed by atoms with van der Waals surface area (Å²) in [4.78, 5) is 10.5. The van der Waals surface area contributed by atoms with Gasteiger partial charge in [-0.2, -0.15) is 5.26 Å². The van der Waals surface area contributed by atoms with Crippen molar-refractivity contribution in [1.82, 2.24) is 0 Å². The van der Waals surface area contributed by atoms with Crippen LogP contribution in [0.1, 0.15) is 5.56 Å². The largest absolute Gasteiger partial charge is 0.487 e. The highest BCUT2D eigenvalue weighted by Crippen LogP contribution is 2.25. The second-order valence-electron chi connectivity index (χ2n) is 2.95. The van der Waals surface area contributed by atoms with E-state index < -0.39 is 5.97 Å². The van der Waals surface area contributed by atoms with E-state index in [1.807, 2.05) is 6.07 Å². The Hall–Kier alpha value is -1.99. The molecule has 0 fully saturated rings. The minimum Gasteiger partial charge on any atom is -0.487 e. The van der Waals surface area contributed by atoms with Crippen molar-refractivity contribution in [2.45, 2.75) is 0 Å². The number of carboxylic acid groups (broad SMARTS) is 1. The van der Waals surface area contributed by atoms with Crippen molar-refractivity contribution < 1.29 is 14.6 Å². The van der Waals surface area contributed by atoms with Crippen LogP contribution in [0.2, 0.25) is 5.02 Å². The summed E-state index contributed by atoms with van der Waals surface area (Å²) in [5.74, 6) is -0.798. The summed E-state index contributed by atoms with van der Waals surface area (Å²) in [5, 5.41) is 17.4. The van der Waals surface area contributed by atoms with Crippen LogP contribution in [0.25, 0.3) is 0 Å². The number of ether oxygens (including phenoxy) is 1. The van der Waals surface area contributed by atoms with Gasteiger partial charge < -0.3 is 9.84 Å². The highest BCUT2D eigenvalue weighted by atomic mass is 35.5. The van der Waals surface area contributed by atoms with E-state index in [9.17, 15) is 4.79 Å². The maximum atomic E-state index is 10.5. The van der Waals surface area contributed by atoms with E-state index in [-0.39, 0.29) is 17.2 Å². The van der Waals surface area contributed by atoms with Crippen LogP contribution in [0.4, 0.5) is 0 Å². The summed E-state index contributed by atoms with van der Waals surface area (Å²) in [6, 6.07) is 6.41. The molecule has 0 atom stereocenters. The van der Waals surface area contributed by atoms with E-state index in [0.29, 0.717) is 11.3 Å². The zero-order valence-electron chi connectivity index (χ0n) is 8.24. The molecule has 1 N–H and O–H groups in total. The average Bonchev–Trinajstić information content (AvgIpc) is 2.26. The monoisotopic (exact) mass is 237 g/mol. The lowest BCUT2D eigenvalue weighted by atomic mass is 10.2. The number of carbonyl (C=O) groups is 1. The van der Waals surface area contributed by atoms with Crippen LogP contribution in [0, 0.1) is 11.3 Å². The average molecular weight is 238 g/mol. The third kappa shape index (κ3) is 3.01. The smallest absolute Gasteiger partial charge is 0.334 e. The molecule has 82 valence electrons. The fourth-order valence-corrected chi connectivity index (χ4v) is 1.15. The highest BCUT2D eigenvalue weighted by Gasteiger charge is 2.07. The first kappa shape index (κ1) is 12.1. The number of carboxylic acids is 1. The lowest BCUT2D eigenvalue weighted by Gasteiger charge is -2.07. The zero-order valence-corrected chi connectivity index (χ0v) is 8.99. The van der Waals surface area contributed by atoms with Gasteiger partial charge in [-0.05, 0) is 18.2 Å². The molecule has 0 unspecified atom stereocenters. The van der Waals surface area contributed by atoms with E-state index in [1.54, 1.807) is 0 Å². The first-order valence-electron chi connectivity index (χ1n) is 4.28. The fourth-order valence-electron chi connectivity index (χ4n) is 0.914. The number of aliphatic carboxylic acids is 1. The molecular formula is C11H8ClNO3. The second kappa shape index (κ2) is 5.19. The number of hydrogen-bond donors (Lipinski definition) is 1. The Bertz CT molecular complexity index is 477. The molecule has 0 aliphatic carbocycles. The molecule has 4 nitrogen and oxygen atoms in total. The predicted molar refractivity (Wildman–Crippen MR) is 58.4 cm³/mol. The van der Waals surface area contributed by atoms with Gasteiger partial charge in [0.25, 0.3) is 0 Å². The van der Waals surface area contributed by atoms with Crippen molar-refractivity contribution in [3.05, 3.63) is 40.9 Å². The second-order valence-corrected chi connectivity index (χ2v) is 3.36. The summed E-state index contributed by atoms with van der Waals surface area (Å²) in [6.45, 7) is 3.16. The van der Waals surface area contributed by atoms with Crippen molar-refractivity contribution in [2.75, 3.05) is 6.61 Å². The van der Waals surface area contributed by atoms with Gasteiger partial charge in [-0.1, -0.05) is 18.2 Å². The normalized spacial score (nSPS) is 9.25.